The molecule has 0 saturated heterocycles. The first-order chi connectivity index (χ1) is 4.29. The molecule has 3 nitrogen and oxygen atoms in total. The second kappa shape index (κ2) is 2.62. The SMILES string of the molecule is CC(C)Cn1nccn1. The van der Waals surface area contributed by atoms with Crippen molar-refractivity contribution in [3.63, 3.8) is 0 Å². The first-order valence-corrected chi connectivity index (χ1v) is 3.13. The lowest BCUT2D eigenvalue weighted by Crippen LogP contribution is -2.07. The minimum absolute atomic E-state index is 0.623. The molecule has 0 radical (unpaired) electrons. The molecule has 0 aromatic carbocycles. The highest BCUT2D eigenvalue weighted by Crippen LogP contribution is 1.93. The van der Waals surface area contributed by atoms with E-state index in [9.17, 15) is 0 Å². The van der Waals surface area contributed by atoms with Crippen LogP contribution in [0.4, 0.5) is 0 Å². The Hall–Kier alpha value is -0.860. The Bertz CT molecular complexity index is 155. The fourth-order valence-electron chi connectivity index (χ4n) is 0.664. The molecule has 3 heteroatoms. The third kappa shape index (κ3) is 1.83. The molecule has 1 heterocycles. The second-order valence-electron chi connectivity index (χ2n) is 2.48. The van der Waals surface area contributed by atoms with Gasteiger partial charge in [-0.25, -0.2) is 0 Å². The fourth-order valence-corrected chi connectivity index (χ4v) is 0.664. The van der Waals surface area contributed by atoms with Crippen molar-refractivity contribution in [1.29, 1.82) is 0 Å². The zero-order chi connectivity index (χ0) is 6.69. The maximum absolute atomic E-state index is 3.96. The van der Waals surface area contributed by atoms with Gasteiger partial charge in [-0.05, 0) is 5.92 Å². The molecule has 0 amide bonds. The standard InChI is InChI=1S/C6H11N3/c1-6(2)5-9-7-3-4-8-9/h3-4,6H,5H2,1-2H3. The summed E-state index contributed by atoms with van der Waals surface area (Å²) in [5.41, 5.74) is 0. The van der Waals surface area contributed by atoms with Crippen LogP contribution < -0.4 is 0 Å². The molecule has 0 spiro atoms. The summed E-state index contributed by atoms with van der Waals surface area (Å²) in [6.07, 6.45) is 3.39. The maximum atomic E-state index is 3.96. The molecule has 0 aliphatic carbocycles. The zero-order valence-electron chi connectivity index (χ0n) is 5.78. The van der Waals surface area contributed by atoms with Gasteiger partial charge >= 0.3 is 0 Å². The van der Waals surface area contributed by atoms with Crippen LogP contribution in [-0.4, -0.2) is 15.0 Å². The molecule has 0 aliphatic heterocycles. The normalized spacial score (nSPS) is 10.6. The van der Waals surface area contributed by atoms with Gasteiger partial charge in [-0.15, -0.1) is 0 Å². The summed E-state index contributed by atoms with van der Waals surface area (Å²) >= 11 is 0. The molecule has 1 rings (SSSR count). The van der Waals surface area contributed by atoms with E-state index in [0.717, 1.165) is 6.54 Å². The smallest absolute Gasteiger partial charge is 0.0693 e. The predicted octanol–water partition coefficient (Wildman–Crippen LogP) is 0.934. The Labute approximate surface area is 54.7 Å². The van der Waals surface area contributed by atoms with Gasteiger partial charge in [-0.1, -0.05) is 13.8 Å². The Balaban J connectivity index is 2.48. The molecule has 0 N–H and O–H groups in total. The van der Waals surface area contributed by atoms with Gasteiger partial charge in [-0.2, -0.15) is 15.0 Å². The van der Waals surface area contributed by atoms with E-state index in [-0.39, 0.29) is 0 Å². The van der Waals surface area contributed by atoms with E-state index in [1.54, 1.807) is 17.2 Å². The molecule has 0 atom stereocenters. The van der Waals surface area contributed by atoms with Gasteiger partial charge in [-0.3, -0.25) is 0 Å². The lowest BCUT2D eigenvalue weighted by atomic mass is 10.2. The molecule has 0 saturated carbocycles. The summed E-state index contributed by atoms with van der Waals surface area (Å²) in [4.78, 5) is 1.70. The minimum Gasteiger partial charge on any atom is -0.185 e. The van der Waals surface area contributed by atoms with Gasteiger partial charge in [0, 0.05) is 0 Å². The highest BCUT2D eigenvalue weighted by atomic mass is 15.5. The third-order valence-corrected chi connectivity index (χ3v) is 0.995. The summed E-state index contributed by atoms with van der Waals surface area (Å²) < 4.78 is 0. The summed E-state index contributed by atoms with van der Waals surface area (Å²) in [6, 6.07) is 0. The first-order valence-electron chi connectivity index (χ1n) is 3.13. The van der Waals surface area contributed by atoms with Crippen LogP contribution in [0.5, 0.6) is 0 Å². The van der Waals surface area contributed by atoms with Crippen LogP contribution in [0.3, 0.4) is 0 Å². The van der Waals surface area contributed by atoms with Gasteiger partial charge in [0.15, 0.2) is 0 Å². The van der Waals surface area contributed by atoms with Crippen LogP contribution in [0.2, 0.25) is 0 Å². The average Bonchev–Trinajstić information content (AvgIpc) is 2.15. The van der Waals surface area contributed by atoms with Gasteiger partial charge in [0.1, 0.15) is 0 Å². The molecule has 0 bridgehead atoms. The van der Waals surface area contributed by atoms with Crippen LogP contribution in [0.25, 0.3) is 0 Å². The molecule has 1 aromatic rings. The van der Waals surface area contributed by atoms with E-state index in [1.807, 2.05) is 0 Å². The molecular formula is C6H11N3. The summed E-state index contributed by atoms with van der Waals surface area (Å²) in [6.45, 7) is 5.19. The van der Waals surface area contributed by atoms with E-state index in [4.69, 9.17) is 0 Å². The summed E-state index contributed by atoms with van der Waals surface area (Å²) in [7, 11) is 0. The lowest BCUT2D eigenvalue weighted by Gasteiger charge is -2.00. The minimum atomic E-state index is 0.623. The van der Waals surface area contributed by atoms with Crippen molar-refractivity contribution in [2.24, 2.45) is 5.92 Å². The van der Waals surface area contributed by atoms with Crippen LogP contribution >= 0.6 is 0 Å². The maximum Gasteiger partial charge on any atom is 0.0693 e. The van der Waals surface area contributed by atoms with Gasteiger partial charge in [0.2, 0.25) is 0 Å². The van der Waals surface area contributed by atoms with Gasteiger partial charge < -0.3 is 0 Å². The number of hydrogen-bond acceptors (Lipinski definition) is 2. The van der Waals surface area contributed by atoms with E-state index in [2.05, 4.69) is 24.0 Å². The van der Waals surface area contributed by atoms with Crippen molar-refractivity contribution >= 4 is 0 Å². The molecule has 0 fully saturated rings. The number of aromatic nitrogens is 3. The third-order valence-electron chi connectivity index (χ3n) is 0.995. The van der Waals surface area contributed by atoms with Crippen molar-refractivity contribution in [1.82, 2.24) is 15.0 Å². The number of hydrogen-bond donors (Lipinski definition) is 0. The Morgan fingerprint density at radius 2 is 1.89 bits per heavy atom. The molecule has 0 aliphatic rings. The van der Waals surface area contributed by atoms with Crippen LogP contribution in [0, 0.1) is 5.92 Å². The van der Waals surface area contributed by atoms with E-state index in [0.29, 0.717) is 5.92 Å². The zero-order valence-corrected chi connectivity index (χ0v) is 5.78. The Kier molecular flexibility index (Phi) is 1.82. The molecule has 50 valence electrons. The molecule has 1 aromatic heterocycles. The molecule has 9 heavy (non-hydrogen) atoms. The van der Waals surface area contributed by atoms with Crippen molar-refractivity contribution in [3.05, 3.63) is 12.4 Å². The number of nitrogens with zero attached hydrogens (tertiary/aromatic N) is 3. The van der Waals surface area contributed by atoms with Crippen molar-refractivity contribution < 1.29 is 0 Å². The second-order valence-corrected chi connectivity index (χ2v) is 2.48. The topological polar surface area (TPSA) is 30.7 Å². The lowest BCUT2D eigenvalue weighted by molar-refractivity contribution is 0.437. The predicted molar refractivity (Wildman–Crippen MR) is 34.9 cm³/mol. The monoisotopic (exact) mass is 125 g/mol. The highest BCUT2D eigenvalue weighted by Gasteiger charge is 1.94. The van der Waals surface area contributed by atoms with Crippen LogP contribution in [-0.2, 0) is 6.54 Å². The fraction of sp³-hybridized carbons (Fsp3) is 0.667. The average molecular weight is 125 g/mol. The van der Waals surface area contributed by atoms with E-state index in [1.165, 1.54) is 0 Å². The highest BCUT2D eigenvalue weighted by molar-refractivity contribution is 4.60. The van der Waals surface area contributed by atoms with Crippen molar-refractivity contribution in [2.75, 3.05) is 0 Å². The van der Waals surface area contributed by atoms with Crippen LogP contribution in [0.1, 0.15) is 13.8 Å². The van der Waals surface area contributed by atoms with Gasteiger partial charge in [0.05, 0.1) is 18.9 Å². The van der Waals surface area contributed by atoms with E-state index >= 15 is 0 Å². The summed E-state index contributed by atoms with van der Waals surface area (Å²) in [5.74, 6) is 0.623. The quantitative estimate of drug-likeness (QED) is 0.588. The Morgan fingerprint density at radius 3 is 2.33 bits per heavy atom. The Morgan fingerprint density at radius 1 is 1.33 bits per heavy atom. The first kappa shape index (κ1) is 6.26. The molecule has 0 unspecified atom stereocenters. The number of rotatable bonds is 2. The summed E-state index contributed by atoms with van der Waals surface area (Å²) in [5, 5.41) is 7.92. The van der Waals surface area contributed by atoms with E-state index < -0.39 is 0 Å². The molecular weight excluding hydrogens is 114 g/mol. The largest absolute Gasteiger partial charge is 0.185 e. The van der Waals surface area contributed by atoms with Gasteiger partial charge in [0.25, 0.3) is 0 Å². The van der Waals surface area contributed by atoms with Crippen molar-refractivity contribution in [3.8, 4) is 0 Å². The van der Waals surface area contributed by atoms with Crippen molar-refractivity contribution in [2.45, 2.75) is 20.4 Å². The van der Waals surface area contributed by atoms with Crippen LogP contribution in [0.15, 0.2) is 12.4 Å².